The molecule has 0 radical (unpaired) electrons. The smallest absolute Gasteiger partial charge is 0.416 e. The Morgan fingerprint density at radius 3 is 2.45 bits per heavy atom. The highest BCUT2D eigenvalue weighted by molar-refractivity contribution is 5.79. The van der Waals surface area contributed by atoms with Crippen LogP contribution in [-0.2, 0) is 12.8 Å². The number of aromatic amines is 1. The molecule has 3 aromatic carbocycles. The predicted molar refractivity (Wildman–Crippen MR) is 104 cm³/mol. The number of hydrogen-bond donors (Lipinski definition) is 1. The Labute approximate surface area is 163 Å². The third-order valence-electron chi connectivity index (χ3n) is 4.40. The van der Waals surface area contributed by atoms with Crippen LogP contribution in [0.25, 0.3) is 22.3 Å². The maximum atomic E-state index is 12.8. The molecule has 0 spiro atoms. The summed E-state index contributed by atoms with van der Waals surface area (Å²) in [4.78, 5) is 19.4. The molecule has 0 amide bonds. The number of H-pyrrole nitrogens is 1. The summed E-state index contributed by atoms with van der Waals surface area (Å²) in [7, 11) is 0. The Bertz CT molecular complexity index is 1220. The van der Waals surface area contributed by atoms with Gasteiger partial charge >= 0.3 is 6.18 Å². The lowest BCUT2D eigenvalue weighted by atomic mass is 10.1. The summed E-state index contributed by atoms with van der Waals surface area (Å²) in [5.41, 5.74) is 0.774. The van der Waals surface area contributed by atoms with E-state index < -0.39 is 11.7 Å². The maximum Gasteiger partial charge on any atom is 0.416 e. The zero-order chi connectivity index (χ0) is 20.4. The van der Waals surface area contributed by atoms with Gasteiger partial charge in [-0.05, 0) is 54.1 Å². The van der Waals surface area contributed by atoms with Gasteiger partial charge in [0, 0.05) is 5.56 Å². The Morgan fingerprint density at radius 2 is 1.69 bits per heavy atom. The van der Waals surface area contributed by atoms with E-state index in [1.54, 1.807) is 48.5 Å². The highest BCUT2D eigenvalue weighted by Crippen LogP contribution is 2.30. The number of halogens is 3. The van der Waals surface area contributed by atoms with Crippen LogP contribution in [0.15, 0.2) is 77.6 Å². The van der Waals surface area contributed by atoms with E-state index in [2.05, 4.69) is 9.97 Å². The molecule has 0 saturated heterocycles. The van der Waals surface area contributed by atoms with Crippen LogP contribution < -0.4 is 10.3 Å². The first kappa shape index (κ1) is 18.7. The molecule has 0 aliphatic carbocycles. The molecule has 4 rings (SSSR count). The number of alkyl halides is 3. The lowest BCUT2D eigenvalue weighted by molar-refractivity contribution is -0.137. The predicted octanol–water partition coefficient (Wildman–Crippen LogP) is 5.19. The summed E-state index contributed by atoms with van der Waals surface area (Å²) in [5, 5.41) is 0.511. The number of benzene rings is 3. The Hall–Kier alpha value is -3.61. The van der Waals surface area contributed by atoms with Crippen LogP contribution in [0.2, 0.25) is 0 Å². The van der Waals surface area contributed by atoms with E-state index >= 15 is 0 Å². The van der Waals surface area contributed by atoms with Gasteiger partial charge in [-0.1, -0.05) is 24.3 Å². The first-order valence-corrected chi connectivity index (χ1v) is 8.78. The minimum absolute atomic E-state index is 0.00826. The van der Waals surface area contributed by atoms with Gasteiger partial charge < -0.3 is 9.72 Å². The van der Waals surface area contributed by atoms with Crippen molar-refractivity contribution in [1.82, 2.24) is 9.97 Å². The van der Waals surface area contributed by atoms with Crippen LogP contribution in [0.5, 0.6) is 5.75 Å². The highest BCUT2D eigenvalue weighted by atomic mass is 19.4. The van der Waals surface area contributed by atoms with Crippen LogP contribution in [0, 0.1) is 0 Å². The third-order valence-corrected chi connectivity index (χ3v) is 4.40. The van der Waals surface area contributed by atoms with Gasteiger partial charge in [-0.15, -0.1) is 0 Å². The summed E-state index contributed by atoms with van der Waals surface area (Å²) in [6, 6.07) is 18.9. The first-order chi connectivity index (χ1) is 13.9. The van der Waals surface area contributed by atoms with Gasteiger partial charge in [-0.25, -0.2) is 4.98 Å². The quantitative estimate of drug-likeness (QED) is 0.517. The Kier molecular flexibility index (Phi) is 4.80. The van der Waals surface area contributed by atoms with Gasteiger partial charge in [0.1, 0.15) is 18.2 Å². The van der Waals surface area contributed by atoms with Gasteiger partial charge in [0.15, 0.2) is 0 Å². The number of nitrogens with zero attached hydrogens (tertiary/aromatic N) is 1. The van der Waals surface area contributed by atoms with Gasteiger partial charge in [0.25, 0.3) is 5.56 Å². The second kappa shape index (κ2) is 7.43. The van der Waals surface area contributed by atoms with Gasteiger partial charge in [0.2, 0.25) is 0 Å². The van der Waals surface area contributed by atoms with Crippen molar-refractivity contribution in [2.24, 2.45) is 0 Å². The van der Waals surface area contributed by atoms with E-state index in [0.717, 1.165) is 12.1 Å². The molecule has 0 saturated carbocycles. The lowest BCUT2D eigenvalue weighted by Gasteiger charge is -2.10. The van der Waals surface area contributed by atoms with Gasteiger partial charge in [-0.3, -0.25) is 4.79 Å². The van der Waals surface area contributed by atoms with Crippen molar-refractivity contribution >= 4 is 10.9 Å². The van der Waals surface area contributed by atoms with Gasteiger partial charge in [-0.2, -0.15) is 13.2 Å². The van der Waals surface area contributed by atoms with Gasteiger partial charge in [0.05, 0.1) is 16.5 Å². The minimum atomic E-state index is -4.39. The molecule has 1 N–H and O–H groups in total. The normalized spacial score (nSPS) is 11.6. The summed E-state index contributed by atoms with van der Waals surface area (Å²) >= 11 is 0. The van der Waals surface area contributed by atoms with Crippen LogP contribution in [0.4, 0.5) is 13.2 Å². The maximum absolute atomic E-state index is 12.8. The second-order valence-corrected chi connectivity index (χ2v) is 6.44. The number of para-hydroxylation sites is 1. The van der Waals surface area contributed by atoms with E-state index in [-0.39, 0.29) is 12.2 Å². The zero-order valence-corrected chi connectivity index (χ0v) is 15.0. The molecule has 7 heteroatoms. The zero-order valence-electron chi connectivity index (χ0n) is 15.0. The number of aromatic nitrogens is 2. The number of fused-ring (bicyclic) bond motifs is 1. The standard InChI is InChI=1S/C22H15F3N2O2/c23-22(24,25)16-5-3-4-14(12-16)13-29-17-10-8-15(9-11-17)20-26-19-7-2-1-6-18(19)21(28)27-20/h1-12H,13H2,(H,26,27,28). The van der Waals surface area contributed by atoms with E-state index in [4.69, 9.17) is 4.74 Å². The SMILES string of the molecule is O=c1[nH]c(-c2ccc(OCc3cccc(C(F)(F)F)c3)cc2)nc2ccccc12. The van der Waals surface area contributed by atoms with Crippen molar-refractivity contribution in [2.75, 3.05) is 0 Å². The molecule has 4 aromatic rings. The molecule has 4 nitrogen and oxygen atoms in total. The van der Waals surface area contributed by atoms with Crippen LogP contribution in [0.3, 0.4) is 0 Å². The molecule has 1 aromatic heterocycles. The average Bonchev–Trinajstić information content (AvgIpc) is 2.72. The molecule has 1 heterocycles. The monoisotopic (exact) mass is 396 g/mol. The second-order valence-electron chi connectivity index (χ2n) is 6.44. The highest BCUT2D eigenvalue weighted by Gasteiger charge is 2.30. The molecule has 0 aliphatic heterocycles. The summed E-state index contributed by atoms with van der Waals surface area (Å²) < 4.78 is 44.0. The van der Waals surface area contributed by atoms with Crippen molar-refractivity contribution in [2.45, 2.75) is 12.8 Å². The molecule has 0 bridgehead atoms. The van der Waals surface area contributed by atoms with E-state index in [9.17, 15) is 18.0 Å². The van der Waals surface area contributed by atoms with Crippen molar-refractivity contribution in [1.29, 1.82) is 0 Å². The lowest BCUT2D eigenvalue weighted by Crippen LogP contribution is -2.09. The van der Waals surface area contributed by atoms with E-state index in [0.29, 0.717) is 33.6 Å². The molecule has 0 unspecified atom stereocenters. The number of rotatable bonds is 4. The van der Waals surface area contributed by atoms with Crippen molar-refractivity contribution < 1.29 is 17.9 Å². The molecular formula is C22H15F3N2O2. The molecule has 146 valence electrons. The number of ether oxygens (including phenoxy) is 1. The third kappa shape index (κ3) is 4.13. The summed E-state index contributed by atoms with van der Waals surface area (Å²) in [5.74, 6) is 0.924. The van der Waals surface area contributed by atoms with Crippen molar-refractivity contribution in [3.05, 3.63) is 94.3 Å². The minimum Gasteiger partial charge on any atom is -0.489 e. The molecule has 0 atom stereocenters. The fourth-order valence-electron chi connectivity index (χ4n) is 2.94. The van der Waals surface area contributed by atoms with E-state index in [1.807, 2.05) is 6.07 Å². The molecule has 0 fully saturated rings. The Balaban J connectivity index is 1.51. The van der Waals surface area contributed by atoms with E-state index in [1.165, 1.54) is 6.07 Å². The topological polar surface area (TPSA) is 55.0 Å². The molecule has 0 aliphatic rings. The van der Waals surface area contributed by atoms with Crippen LogP contribution >= 0.6 is 0 Å². The van der Waals surface area contributed by atoms with Crippen molar-refractivity contribution in [3.63, 3.8) is 0 Å². The number of hydrogen-bond acceptors (Lipinski definition) is 3. The largest absolute Gasteiger partial charge is 0.489 e. The van der Waals surface area contributed by atoms with Crippen molar-refractivity contribution in [3.8, 4) is 17.1 Å². The fourth-order valence-corrected chi connectivity index (χ4v) is 2.94. The summed E-state index contributed by atoms with van der Waals surface area (Å²) in [6.45, 7) is 0.00826. The van der Waals surface area contributed by atoms with Crippen LogP contribution in [0.1, 0.15) is 11.1 Å². The Morgan fingerprint density at radius 1 is 0.931 bits per heavy atom. The first-order valence-electron chi connectivity index (χ1n) is 8.78. The number of nitrogens with one attached hydrogen (secondary N) is 1. The fraction of sp³-hybridized carbons (Fsp3) is 0.0909. The molecule has 29 heavy (non-hydrogen) atoms. The molecular weight excluding hydrogens is 381 g/mol. The van der Waals surface area contributed by atoms with Crippen LogP contribution in [-0.4, -0.2) is 9.97 Å². The summed E-state index contributed by atoms with van der Waals surface area (Å²) in [6.07, 6.45) is -4.39. The average molecular weight is 396 g/mol.